The summed E-state index contributed by atoms with van der Waals surface area (Å²) in [7, 11) is 0. The highest BCUT2D eigenvalue weighted by molar-refractivity contribution is 9.10. The summed E-state index contributed by atoms with van der Waals surface area (Å²) in [5, 5.41) is 3.94. The number of rotatable bonds is 1. The molecule has 92 valence electrons. The van der Waals surface area contributed by atoms with Crippen molar-refractivity contribution in [1.82, 2.24) is 10.2 Å². The molecule has 3 nitrogen and oxygen atoms in total. The molecule has 1 aliphatic rings. The van der Waals surface area contributed by atoms with Gasteiger partial charge in [-0.1, -0.05) is 11.6 Å². The van der Waals surface area contributed by atoms with Gasteiger partial charge in [-0.3, -0.25) is 4.79 Å². The Bertz CT molecular complexity index is 439. The molecule has 1 fully saturated rings. The fraction of sp³-hybridized carbons (Fsp3) is 0.417. The predicted octanol–water partition coefficient (Wildman–Crippen LogP) is 2.54. The molecular weight excluding hydrogens is 304 g/mol. The van der Waals surface area contributed by atoms with Gasteiger partial charge in [-0.25, -0.2) is 0 Å². The number of piperazine rings is 1. The van der Waals surface area contributed by atoms with Gasteiger partial charge in [0.25, 0.3) is 5.91 Å². The summed E-state index contributed by atoms with van der Waals surface area (Å²) < 4.78 is 0.758. The van der Waals surface area contributed by atoms with Gasteiger partial charge in [-0.2, -0.15) is 0 Å². The number of nitrogens with zero attached hydrogens (tertiary/aromatic N) is 1. The minimum atomic E-state index is 0.0655. The third-order valence-electron chi connectivity index (χ3n) is 2.82. The van der Waals surface area contributed by atoms with Gasteiger partial charge in [-0.05, 0) is 41.1 Å². The van der Waals surface area contributed by atoms with Gasteiger partial charge >= 0.3 is 0 Å². The maximum atomic E-state index is 12.2. The molecule has 1 aromatic carbocycles. The molecule has 1 aromatic rings. The van der Waals surface area contributed by atoms with Crippen LogP contribution in [0.3, 0.4) is 0 Å². The monoisotopic (exact) mass is 316 g/mol. The second-order valence-electron chi connectivity index (χ2n) is 4.24. The standard InChI is InChI=1S/C12H14BrClN2O/c1-8-7-16(5-4-15-8)12(17)9-2-3-11(14)10(13)6-9/h2-3,6,8,15H,4-5,7H2,1H3. The topological polar surface area (TPSA) is 32.3 Å². The van der Waals surface area contributed by atoms with Crippen LogP contribution in [-0.4, -0.2) is 36.5 Å². The molecule has 1 N–H and O–H groups in total. The number of halogens is 2. The third-order valence-corrected chi connectivity index (χ3v) is 4.04. The Kier molecular flexibility index (Phi) is 4.07. The molecule has 0 aliphatic carbocycles. The van der Waals surface area contributed by atoms with Crippen molar-refractivity contribution in [2.45, 2.75) is 13.0 Å². The molecule has 1 unspecified atom stereocenters. The maximum Gasteiger partial charge on any atom is 0.253 e. The largest absolute Gasteiger partial charge is 0.336 e. The lowest BCUT2D eigenvalue weighted by Gasteiger charge is -2.32. The van der Waals surface area contributed by atoms with E-state index in [1.54, 1.807) is 18.2 Å². The van der Waals surface area contributed by atoms with Gasteiger partial charge in [-0.15, -0.1) is 0 Å². The molecule has 0 saturated carbocycles. The highest BCUT2D eigenvalue weighted by Gasteiger charge is 2.21. The molecule has 1 amide bonds. The first kappa shape index (κ1) is 12.9. The molecule has 0 bridgehead atoms. The zero-order valence-electron chi connectivity index (χ0n) is 9.54. The van der Waals surface area contributed by atoms with Crippen LogP contribution in [-0.2, 0) is 0 Å². The SMILES string of the molecule is CC1CN(C(=O)c2ccc(Cl)c(Br)c2)CCN1. The third kappa shape index (κ3) is 3.00. The summed E-state index contributed by atoms with van der Waals surface area (Å²) in [5.74, 6) is 0.0655. The van der Waals surface area contributed by atoms with Gasteiger partial charge in [0.2, 0.25) is 0 Å². The Balaban J connectivity index is 2.15. The quantitative estimate of drug-likeness (QED) is 0.863. The number of carbonyl (C=O) groups is 1. The molecule has 1 saturated heterocycles. The molecule has 1 atom stereocenters. The molecule has 0 radical (unpaired) electrons. The molecule has 2 rings (SSSR count). The van der Waals surface area contributed by atoms with Gasteiger partial charge in [0.05, 0.1) is 5.02 Å². The number of carbonyl (C=O) groups excluding carboxylic acids is 1. The van der Waals surface area contributed by atoms with Crippen LogP contribution in [0.5, 0.6) is 0 Å². The minimum absolute atomic E-state index is 0.0655. The number of benzene rings is 1. The molecule has 1 aliphatic heterocycles. The van der Waals surface area contributed by atoms with Crippen molar-refractivity contribution in [3.05, 3.63) is 33.3 Å². The van der Waals surface area contributed by atoms with Crippen molar-refractivity contribution in [3.8, 4) is 0 Å². The molecule has 1 heterocycles. The average molecular weight is 318 g/mol. The highest BCUT2D eigenvalue weighted by atomic mass is 79.9. The Labute approximate surface area is 114 Å². The van der Waals surface area contributed by atoms with E-state index in [1.165, 1.54) is 0 Å². The summed E-state index contributed by atoms with van der Waals surface area (Å²) in [6, 6.07) is 5.63. The zero-order valence-corrected chi connectivity index (χ0v) is 11.9. The molecule has 0 spiro atoms. The van der Waals surface area contributed by atoms with E-state index >= 15 is 0 Å². The minimum Gasteiger partial charge on any atom is -0.336 e. The fourth-order valence-electron chi connectivity index (χ4n) is 1.93. The Morgan fingerprint density at radius 2 is 2.35 bits per heavy atom. The van der Waals surface area contributed by atoms with Crippen LogP contribution >= 0.6 is 27.5 Å². The Hall–Kier alpha value is -0.580. The lowest BCUT2D eigenvalue weighted by atomic mass is 10.1. The van der Waals surface area contributed by atoms with Crippen molar-refractivity contribution >= 4 is 33.4 Å². The average Bonchev–Trinajstić information content (AvgIpc) is 2.32. The second-order valence-corrected chi connectivity index (χ2v) is 5.50. The molecule has 17 heavy (non-hydrogen) atoms. The van der Waals surface area contributed by atoms with Crippen molar-refractivity contribution in [3.63, 3.8) is 0 Å². The van der Waals surface area contributed by atoms with Gasteiger partial charge in [0.1, 0.15) is 0 Å². The summed E-state index contributed by atoms with van der Waals surface area (Å²) >= 11 is 9.25. The van der Waals surface area contributed by atoms with Crippen LogP contribution in [0.2, 0.25) is 5.02 Å². The van der Waals surface area contributed by atoms with Gasteiger partial charge < -0.3 is 10.2 Å². The lowest BCUT2D eigenvalue weighted by Crippen LogP contribution is -2.51. The summed E-state index contributed by atoms with van der Waals surface area (Å²) in [6.07, 6.45) is 0. The first-order chi connectivity index (χ1) is 8.08. The van der Waals surface area contributed by atoms with Crippen LogP contribution in [0.4, 0.5) is 0 Å². The van der Waals surface area contributed by atoms with E-state index in [1.807, 2.05) is 4.90 Å². The van der Waals surface area contributed by atoms with Crippen LogP contribution in [0.25, 0.3) is 0 Å². The van der Waals surface area contributed by atoms with Crippen LogP contribution in [0.1, 0.15) is 17.3 Å². The van der Waals surface area contributed by atoms with E-state index in [2.05, 4.69) is 28.2 Å². The van der Waals surface area contributed by atoms with E-state index in [4.69, 9.17) is 11.6 Å². The van der Waals surface area contributed by atoms with Crippen molar-refractivity contribution in [1.29, 1.82) is 0 Å². The molecule has 0 aromatic heterocycles. The van der Waals surface area contributed by atoms with Crippen molar-refractivity contribution in [2.24, 2.45) is 0 Å². The highest BCUT2D eigenvalue weighted by Crippen LogP contribution is 2.24. The fourth-order valence-corrected chi connectivity index (χ4v) is 2.42. The van der Waals surface area contributed by atoms with Crippen LogP contribution in [0.15, 0.2) is 22.7 Å². The van der Waals surface area contributed by atoms with Crippen LogP contribution < -0.4 is 5.32 Å². The van der Waals surface area contributed by atoms with E-state index in [0.717, 1.165) is 24.1 Å². The number of hydrogen-bond donors (Lipinski definition) is 1. The lowest BCUT2D eigenvalue weighted by molar-refractivity contribution is 0.0709. The van der Waals surface area contributed by atoms with E-state index in [-0.39, 0.29) is 5.91 Å². The van der Waals surface area contributed by atoms with E-state index in [0.29, 0.717) is 16.6 Å². The van der Waals surface area contributed by atoms with Crippen LogP contribution in [0, 0.1) is 0 Å². The molecular formula is C12H14BrClN2O. The predicted molar refractivity (Wildman–Crippen MR) is 72.5 cm³/mol. The van der Waals surface area contributed by atoms with Gasteiger partial charge in [0, 0.05) is 35.7 Å². The normalized spacial score (nSPS) is 20.4. The number of amides is 1. The maximum absolute atomic E-state index is 12.2. The summed E-state index contributed by atoms with van der Waals surface area (Å²) in [5.41, 5.74) is 0.676. The number of hydrogen-bond acceptors (Lipinski definition) is 2. The Morgan fingerprint density at radius 1 is 1.59 bits per heavy atom. The zero-order chi connectivity index (χ0) is 12.4. The Morgan fingerprint density at radius 3 is 3.00 bits per heavy atom. The van der Waals surface area contributed by atoms with Crippen molar-refractivity contribution in [2.75, 3.05) is 19.6 Å². The van der Waals surface area contributed by atoms with Gasteiger partial charge in [0.15, 0.2) is 0 Å². The first-order valence-electron chi connectivity index (χ1n) is 5.55. The first-order valence-corrected chi connectivity index (χ1v) is 6.72. The second kappa shape index (κ2) is 5.38. The summed E-state index contributed by atoms with van der Waals surface area (Å²) in [6.45, 7) is 4.43. The summed E-state index contributed by atoms with van der Waals surface area (Å²) in [4.78, 5) is 14.1. The van der Waals surface area contributed by atoms with E-state index < -0.39 is 0 Å². The smallest absolute Gasteiger partial charge is 0.253 e. The molecule has 5 heteroatoms. The number of nitrogens with one attached hydrogen (secondary N) is 1. The van der Waals surface area contributed by atoms with E-state index in [9.17, 15) is 4.79 Å². The van der Waals surface area contributed by atoms with Crippen molar-refractivity contribution < 1.29 is 4.79 Å².